The SMILES string of the molecule is Cc1cccc(CC(N)C(O)C(C)C)c1. The van der Waals surface area contributed by atoms with Crippen molar-refractivity contribution in [1.29, 1.82) is 0 Å². The number of nitrogens with two attached hydrogens (primary N) is 1. The Balaban J connectivity index is 2.62. The number of hydrogen-bond donors (Lipinski definition) is 2. The standard InChI is InChI=1S/C13H21NO/c1-9(2)13(15)12(14)8-11-6-4-5-10(3)7-11/h4-7,9,12-13,15H,8,14H2,1-3H3. The van der Waals surface area contributed by atoms with E-state index in [0.717, 1.165) is 6.42 Å². The lowest BCUT2D eigenvalue weighted by atomic mass is 9.94. The van der Waals surface area contributed by atoms with Crippen LogP contribution >= 0.6 is 0 Å². The van der Waals surface area contributed by atoms with Crippen molar-refractivity contribution >= 4 is 0 Å². The summed E-state index contributed by atoms with van der Waals surface area (Å²) in [6.45, 7) is 6.04. The molecule has 0 aliphatic heterocycles. The Bertz CT molecular complexity index is 309. The molecule has 0 radical (unpaired) electrons. The van der Waals surface area contributed by atoms with Crippen LogP contribution in [0.4, 0.5) is 0 Å². The minimum atomic E-state index is -0.425. The molecule has 84 valence electrons. The van der Waals surface area contributed by atoms with Crippen LogP contribution in [0.5, 0.6) is 0 Å². The molecule has 0 fully saturated rings. The van der Waals surface area contributed by atoms with Gasteiger partial charge in [0.2, 0.25) is 0 Å². The molecular formula is C13H21NO. The third kappa shape index (κ3) is 3.65. The second kappa shape index (κ2) is 5.29. The minimum absolute atomic E-state index is 0.174. The molecule has 2 unspecified atom stereocenters. The average Bonchev–Trinajstić information content (AvgIpc) is 2.16. The lowest BCUT2D eigenvalue weighted by Gasteiger charge is -2.22. The van der Waals surface area contributed by atoms with Gasteiger partial charge in [0, 0.05) is 6.04 Å². The molecule has 2 nitrogen and oxygen atoms in total. The molecule has 0 aromatic heterocycles. The van der Waals surface area contributed by atoms with Gasteiger partial charge in [-0.25, -0.2) is 0 Å². The van der Waals surface area contributed by atoms with Gasteiger partial charge in [0.15, 0.2) is 0 Å². The van der Waals surface area contributed by atoms with Crippen molar-refractivity contribution in [2.75, 3.05) is 0 Å². The van der Waals surface area contributed by atoms with Crippen LogP contribution in [0.3, 0.4) is 0 Å². The van der Waals surface area contributed by atoms with Gasteiger partial charge in [-0.05, 0) is 24.8 Å². The van der Waals surface area contributed by atoms with Gasteiger partial charge in [0.05, 0.1) is 6.10 Å². The first kappa shape index (κ1) is 12.2. The third-order valence-corrected chi connectivity index (χ3v) is 2.68. The van der Waals surface area contributed by atoms with E-state index >= 15 is 0 Å². The molecule has 1 aromatic rings. The second-order valence-electron chi connectivity index (χ2n) is 4.59. The fourth-order valence-corrected chi connectivity index (χ4v) is 1.73. The highest BCUT2D eigenvalue weighted by atomic mass is 16.3. The quantitative estimate of drug-likeness (QED) is 0.792. The monoisotopic (exact) mass is 207 g/mol. The summed E-state index contributed by atoms with van der Waals surface area (Å²) < 4.78 is 0. The summed E-state index contributed by atoms with van der Waals surface area (Å²) in [5.41, 5.74) is 8.38. The van der Waals surface area contributed by atoms with Gasteiger partial charge in [0.25, 0.3) is 0 Å². The van der Waals surface area contributed by atoms with Crippen LogP contribution in [0.1, 0.15) is 25.0 Å². The molecule has 0 saturated heterocycles. The molecule has 3 N–H and O–H groups in total. The molecule has 2 atom stereocenters. The van der Waals surface area contributed by atoms with Crippen LogP contribution in [0.2, 0.25) is 0 Å². The summed E-state index contributed by atoms with van der Waals surface area (Å²) in [4.78, 5) is 0. The molecule has 2 heteroatoms. The number of aliphatic hydroxyl groups is 1. The number of hydrogen-bond acceptors (Lipinski definition) is 2. The predicted molar refractivity (Wildman–Crippen MR) is 63.7 cm³/mol. The Kier molecular flexibility index (Phi) is 4.30. The van der Waals surface area contributed by atoms with E-state index in [1.54, 1.807) is 0 Å². The predicted octanol–water partition coefficient (Wildman–Crippen LogP) is 1.88. The molecule has 1 aromatic carbocycles. The minimum Gasteiger partial charge on any atom is -0.391 e. The fraction of sp³-hybridized carbons (Fsp3) is 0.538. The molecule has 0 spiro atoms. The molecule has 0 amide bonds. The molecule has 0 aliphatic rings. The van der Waals surface area contributed by atoms with Crippen LogP contribution in [0, 0.1) is 12.8 Å². The largest absolute Gasteiger partial charge is 0.391 e. The van der Waals surface area contributed by atoms with Crippen LogP contribution in [-0.2, 0) is 6.42 Å². The number of benzene rings is 1. The molecule has 0 aliphatic carbocycles. The topological polar surface area (TPSA) is 46.2 Å². The normalized spacial score (nSPS) is 15.3. The Morgan fingerprint density at radius 1 is 1.33 bits per heavy atom. The Morgan fingerprint density at radius 3 is 2.53 bits per heavy atom. The molecule has 0 saturated carbocycles. The molecule has 0 bridgehead atoms. The second-order valence-corrected chi connectivity index (χ2v) is 4.59. The van der Waals surface area contributed by atoms with Gasteiger partial charge in [-0.3, -0.25) is 0 Å². The van der Waals surface area contributed by atoms with Crippen molar-refractivity contribution in [3.05, 3.63) is 35.4 Å². The van der Waals surface area contributed by atoms with Gasteiger partial charge < -0.3 is 10.8 Å². The summed E-state index contributed by atoms with van der Waals surface area (Å²) in [6.07, 6.45) is 0.312. The zero-order chi connectivity index (χ0) is 11.4. The maximum Gasteiger partial charge on any atom is 0.0717 e. The van der Waals surface area contributed by atoms with Crippen LogP contribution in [0.25, 0.3) is 0 Å². The smallest absolute Gasteiger partial charge is 0.0717 e. The first-order valence-corrected chi connectivity index (χ1v) is 5.50. The summed E-state index contributed by atoms with van der Waals surface area (Å²) >= 11 is 0. The molecular weight excluding hydrogens is 186 g/mol. The van der Waals surface area contributed by atoms with Gasteiger partial charge in [-0.1, -0.05) is 43.7 Å². The van der Waals surface area contributed by atoms with Gasteiger partial charge in [0.1, 0.15) is 0 Å². The average molecular weight is 207 g/mol. The Labute approximate surface area is 92.1 Å². The van der Waals surface area contributed by atoms with Crippen LogP contribution < -0.4 is 5.73 Å². The lowest BCUT2D eigenvalue weighted by molar-refractivity contribution is 0.0978. The zero-order valence-electron chi connectivity index (χ0n) is 9.77. The van der Waals surface area contributed by atoms with E-state index in [2.05, 4.69) is 25.1 Å². The number of rotatable bonds is 4. The van der Waals surface area contributed by atoms with E-state index in [9.17, 15) is 5.11 Å². The van der Waals surface area contributed by atoms with Gasteiger partial charge in [-0.15, -0.1) is 0 Å². The summed E-state index contributed by atoms with van der Waals surface area (Å²) in [6, 6.07) is 8.09. The van der Waals surface area contributed by atoms with Crippen molar-refractivity contribution in [3.8, 4) is 0 Å². The first-order chi connectivity index (χ1) is 7.00. The number of aryl methyl sites for hydroxylation is 1. The van der Waals surface area contributed by atoms with Crippen LogP contribution in [0.15, 0.2) is 24.3 Å². The fourth-order valence-electron chi connectivity index (χ4n) is 1.73. The first-order valence-electron chi connectivity index (χ1n) is 5.50. The maximum absolute atomic E-state index is 9.80. The summed E-state index contributed by atoms with van der Waals surface area (Å²) in [7, 11) is 0. The Morgan fingerprint density at radius 2 is 2.00 bits per heavy atom. The molecule has 15 heavy (non-hydrogen) atoms. The van der Waals surface area contributed by atoms with Crippen molar-refractivity contribution < 1.29 is 5.11 Å². The highest BCUT2D eigenvalue weighted by Crippen LogP contribution is 2.11. The van der Waals surface area contributed by atoms with Crippen molar-refractivity contribution in [3.63, 3.8) is 0 Å². The number of aliphatic hydroxyl groups excluding tert-OH is 1. The highest BCUT2D eigenvalue weighted by molar-refractivity contribution is 5.23. The van der Waals surface area contributed by atoms with Gasteiger partial charge in [-0.2, -0.15) is 0 Å². The van der Waals surface area contributed by atoms with Crippen molar-refractivity contribution in [2.24, 2.45) is 11.7 Å². The maximum atomic E-state index is 9.80. The molecule has 0 heterocycles. The van der Waals surface area contributed by atoms with E-state index < -0.39 is 6.10 Å². The summed E-state index contributed by atoms with van der Waals surface area (Å²) in [5.74, 6) is 0.213. The van der Waals surface area contributed by atoms with E-state index in [1.807, 2.05) is 19.9 Å². The third-order valence-electron chi connectivity index (χ3n) is 2.68. The van der Waals surface area contributed by atoms with E-state index in [4.69, 9.17) is 5.73 Å². The Hall–Kier alpha value is -0.860. The summed E-state index contributed by atoms with van der Waals surface area (Å²) in [5, 5.41) is 9.80. The van der Waals surface area contributed by atoms with E-state index in [1.165, 1.54) is 11.1 Å². The van der Waals surface area contributed by atoms with Crippen molar-refractivity contribution in [2.45, 2.75) is 39.3 Å². The van der Waals surface area contributed by atoms with Crippen LogP contribution in [-0.4, -0.2) is 17.3 Å². The van der Waals surface area contributed by atoms with Crippen molar-refractivity contribution in [1.82, 2.24) is 0 Å². The lowest BCUT2D eigenvalue weighted by Crippen LogP contribution is -2.39. The highest BCUT2D eigenvalue weighted by Gasteiger charge is 2.18. The zero-order valence-corrected chi connectivity index (χ0v) is 9.77. The molecule has 1 rings (SSSR count). The van der Waals surface area contributed by atoms with E-state index in [-0.39, 0.29) is 12.0 Å². The van der Waals surface area contributed by atoms with Gasteiger partial charge >= 0.3 is 0 Å². The van der Waals surface area contributed by atoms with E-state index in [0.29, 0.717) is 0 Å².